The van der Waals surface area contributed by atoms with Gasteiger partial charge < -0.3 is 15.5 Å². The van der Waals surface area contributed by atoms with Gasteiger partial charge in [0.25, 0.3) is 0 Å². The van der Waals surface area contributed by atoms with E-state index >= 15 is 0 Å². The Kier molecular flexibility index (Phi) is 11.5. The second-order valence-corrected chi connectivity index (χ2v) is 10.2. The highest BCUT2D eigenvalue weighted by molar-refractivity contribution is 14.0. The van der Waals surface area contributed by atoms with Crippen LogP contribution in [0.25, 0.3) is 0 Å². The molecule has 0 spiro atoms. The zero-order valence-electron chi connectivity index (χ0n) is 18.1. The summed E-state index contributed by atoms with van der Waals surface area (Å²) >= 11 is 0. The quantitative estimate of drug-likeness (QED) is 0.304. The van der Waals surface area contributed by atoms with Gasteiger partial charge in [-0.3, -0.25) is 4.99 Å². The van der Waals surface area contributed by atoms with Gasteiger partial charge in [-0.15, -0.1) is 24.0 Å². The molecule has 1 heterocycles. The van der Waals surface area contributed by atoms with Crippen molar-refractivity contribution in [2.45, 2.75) is 45.6 Å². The summed E-state index contributed by atoms with van der Waals surface area (Å²) in [6.45, 7) is 10.4. The number of benzene rings is 1. The lowest BCUT2D eigenvalue weighted by atomic mass is 10.0. The molecule has 0 amide bonds. The number of guanidine groups is 1. The fourth-order valence-electron chi connectivity index (χ4n) is 3.34. The molecule has 2 N–H and O–H groups in total. The second kappa shape index (κ2) is 12.7. The number of hydrogen-bond acceptors (Lipinski definition) is 4. The van der Waals surface area contributed by atoms with Gasteiger partial charge in [0.15, 0.2) is 5.96 Å². The SMILES string of the molecule is CCNC(=NCC(C)c1ccc(C)cc1)NC1CCN(CCS(C)(=O)=O)CC1.I. The van der Waals surface area contributed by atoms with E-state index in [1.165, 1.54) is 17.4 Å². The van der Waals surface area contributed by atoms with Gasteiger partial charge in [-0.05, 0) is 32.3 Å². The first-order valence-corrected chi connectivity index (χ1v) is 12.3. The molecular weight excluding hydrogens is 499 g/mol. The van der Waals surface area contributed by atoms with Gasteiger partial charge in [-0.1, -0.05) is 36.8 Å². The normalized spacial score (nSPS) is 17.4. The first kappa shape index (κ1) is 26.2. The molecule has 2 rings (SSSR count). The number of sulfone groups is 1. The molecule has 0 bridgehead atoms. The number of piperidine rings is 1. The fourth-order valence-corrected chi connectivity index (χ4v) is 3.93. The summed E-state index contributed by atoms with van der Waals surface area (Å²) in [6, 6.07) is 9.04. The minimum Gasteiger partial charge on any atom is -0.357 e. The lowest BCUT2D eigenvalue weighted by molar-refractivity contribution is 0.216. The van der Waals surface area contributed by atoms with E-state index in [9.17, 15) is 8.42 Å². The maximum Gasteiger partial charge on any atom is 0.191 e. The average molecular weight is 537 g/mol. The first-order valence-electron chi connectivity index (χ1n) is 10.3. The third-order valence-electron chi connectivity index (χ3n) is 5.22. The van der Waals surface area contributed by atoms with Crippen LogP contribution in [0.3, 0.4) is 0 Å². The summed E-state index contributed by atoms with van der Waals surface area (Å²) in [5.41, 5.74) is 2.58. The number of aliphatic imine (C=N–C) groups is 1. The summed E-state index contributed by atoms with van der Waals surface area (Å²) in [4.78, 5) is 7.03. The van der Waals surface area contributed by atoms with Crippen molar-refractivity contribution in [3.05, 3.63) is 35.4 Å². The van der Waals surface area contributed by atoms with Crippen molar-refractivity contribution in [1.82, 2.24) is 15.5 Å². The van der Waals surface area contributed by atoms with Crippen LogP contribution < -0.4 is 10.6 Å². The van der Waals surface area contributed by atoms with Crippen LogP contribution in [-0.4, -0.2) is 70.1 Å². The summed E-state index contributed by atoms with van der Waals surface area (Å²) in [5.74, 6) is 1.48. The molecule has 1 aromatic rings. The Morgan fingerprint density at radius 1 is 1.24 bits per heavy atom. The van der Waals surface area contributed by atoms with Crippen LogP contribution in [0.2, 0.25) is 0 Å². The van der Waals surface area contributed by atoms with Crippen LogP contribution in [0, 0.1) is 6.92 Å². The van der Waals surface area contributed by atoms with Crippen LogP contribution >= 0.6 is 24.0 Å². The van der Waals surface area contributed by atoms with E-state index in [2.05, 4.69) is 60.6 Å². The molecule has 29 heavy (non-hydrogen) atoms. The maximum absolute atomic E-state index is 11.3. The molecule has 1 aliphatic heterocycles. The highest BCUT2D eigenvalue weighted by Gasteiger charge is 2.20. The number of likely N-dealkylation sites (tertiary alicyclic amines) is 1. The van der Waals surface area contributed by atoms with Crippen LogP contribution in [-0.2, 0) is 9.84 Å². The van der Waals surface area contributed by atoms with Gasteiger partial charge >= 0.3 is 0 Å². The summed E-state index contributed by atoms with van der Waals surface area (Å²) in [7, 11) is -2.89. The molecule has 166 valence electrons. The van der Waals surface area contributed by atoms with Crippen molar-refractivity contribution in [3.63, 3.8) is 0 Å². The van der Waals surface area contributed by atoms with Crippen LogP contribution in [0.5, 0.6) is 0 Å². The molecule has 1 atom stereocenters. The summed E-state index contributed by atoms with van der Waals surface area (Å²) in [6.07, 6.45) is 3.31. The van der Waals surface area contributed by atoms with Gasteiger partial charge in [-0.25, -0.2) is 8.42 Å². The van der Waals surface area contributed by atoms with Gasteiger partial charge in [0.1, 0.15) is 9.84 Å². The molecule has 6 nitrogen and oxygen atoms in total. The Hall–Kier alpha value is -0.870. The Labute approximate surface area is 193 Å². The Balaban J connectivity index is 0.00000420. The number of nitrogens with one attached hydrogen (secondary N) is 2. The van der Waals surface area contributed by atoms with Crippen LogP contribution in [0.1, 0.15) is 43.7 Å². The van der Waals surface area contributed by atoms with Gasteiger partial charge in [0, 0.05) is 50.9 Å². The molecule has 0 aromatic heterocycles. The van der Waals surface area contributed by atoms with Crippen molar-refractivity contribution in [2.24, 2.45) is 4.99 Å². The first-order chi connectivity index (χ1) is 13.3. The number of nitrogens with zero attached hydrogens (tertiary/aromatic N) is 2. The topological polar surface area (TPSA) is 73.8 Å². The van der Waals surface area contributed by atoms with Crippen molar-refractivity contribution in [3.8, 4) is 0 Å². The maximum atomic E-state index is 11.3. The van der Waals surface area contributed by atoms with Gasteiger partial charge in [-0.2, -0.15) is 0 Å². The Morgan fingerprint density at radius 2 is 1.86 bits per heavy atom. The lowest BCUT2D eigenvalue weighted by Crippen LogP contribution is -2.49. The molecule has 1 aliphatic rings. The Morgan fingerprint density at radius 3 is 2.41 bits per heavy atom. The molecule has 0 radical (unpaired) electrons. The van der Waals surface area contributed by atoms with Crippen molar-refractivity contribution >= 4 is 39.8 Å². The van der Waals surface area contributed by atoms with Crippen molar-refractivity contribution in [1.29, 1.82) is 0 Å². The van der Waals surface area contributed by atoms with E-state index in [-0.39, 0.29) is 29.7 Å². The second-order valence-electron chi connectivity index (χ2n) is 7.92. The van der Waals surface area contributed by atoms with E-state index < -0.39 is 9.84 Å². The van der Waals surface area contributed by atoms with Crippen LogP contribution in [0.4, 0.5) is 0 Å². The van der Waals surface area contributed by atoms with Crippen LogP contribution in [0.15, 0.2) is 29.3 Å². The van der Waals surface area contributed by atoms with Gasteiger partial charge in [0.2, 0.25) is 0 Å². The van der Waals surface area contributed by atoms with Gasteiger partial charge in [0.05, 0.1) is 5.75 Å². The molecule has 0 saturated carbocycles. The molecule has 1 saturated heterocycles. The molecule has 0 aliphatic carbocycles. The minimum absolute atomic E-state index is 0. The zero-order chi connectivity index (χ0) is 20.6. The number of hydrogen-bond donors (Lipinski definition) is 2. The standard InChI is InChI=1S/C21H36N4O2S.HI/c1-5-22-21(23-16-18(3)19-8-6-17(2)7-9-19)24-20-10-12-25(13-11-20)14-15-28(4,26)27;/h6-9,18,20H,5,10-16H2,1-4H3,(H2,22,23,24);1H. The molecule has 8 heteroatoms. The van der Waals surface area contributed by atoms with E-state index in [0.29, 0.717) is 18.5 Å². The number of aryl methyl sites for hydroxylation is 1. The highest BCUT2D eigenvalue weighted by atomic mass is 127. The smallest absolute Gasteiger partial charge is 0.191 e. The predicted octanol–water partition coefficient (Wildman–Crippen LogP) is 2.78. The van der Waals surface area contributed by atoms with Crippen molar-refractivity contribution in [2.75, 3.05) is 44.7 Å². The van der Waals surface area contributed by atoms with E-state index in [0.717, 1.165) is 45.0 Å². The van der Waals surface area contributed by atoms with E-state index in [1.807, 2.05) is 0 Å². The molecule has 1 fully saturated rings. The highest BCUT2D eigenvalue weighted by Crippen LogP contribution is 2.16. The fraction of sp³-hybridized carbons (Fsp3) is 0.667. The third-order valence-corrected chi connectivity index (χ3v) is 6.14. The van der Waals surface area contributed by atoms with E-state index in [1.54, 1.807) is 0 Å². The molecule has 1 unspecified atom stereocenters. The Bertz CT molecular complexity index is 730. The molecular formula is C21H37IN4O2S. The largest absolute Gasteiger partial charge is 0.357 e. The van der Waals surface area contributed by atoms with Crippen molar-refractivity contribution < 1.29 is 8.42 Å². The number of halogens is 1. The average Bonchev–Trinajstić information content (AvgIpc) is 2.65. The summed E-state index contributed by atoms with van der Waals surface area (Å²) < 4.78 is 22.7. The lowest BCUT2D eigenvalue weighted by Gasteiger charge is -2.33. The molecule has 1 aromatic carbocycles. The van der Waals surface area contributed by atoms with E-state index in [4.69, 9.17) is 4.99 Å². The number of rotatable bonds is 8. The third kappa shape index (κ3) is 10.1. The predicted molar refractivity (Wildman–Crippen MR) is 133 cm³/mol. The summed E-state index contributed by atoms with van der Waals surface area (Å²) in [5, 5.41) is 6.91. The zero-order valence-corrected chi connectivity index (χ0v) is 21.3. The monoisotopic (exact) mass is 536 g/mol. The minimum atomic E-state index is -2.89.